The van der Waals surface area contributed by atoms with E-state index in [9.17, 15) is 0 Å². The summed E-state index contributed by atoms with van der Waals surface area (Å²) in [4.78, 5) is 8.46. The molecule has 0 spiro atoms. The molecule has 2 aromatic rings. The Hall–Kier alpha value is -1.74. The fourth-order valence-electron chi connectivity index (χ4n) is 1.48. The molecule has 0 N–H and O–H groups in total. The van der Waals surface area contributed by atoms with Crippen molar-refractivity contribution in [2.45, 2.75) is 19.8 Å². The van der Waals surface area contributed by atoms with Gasteiger partial charge in [-0.05, 0) is 34.0 Å². The van der Waals surface area contributed by atoms with Crippen molar-refractivity contribution in [1.82, 2.24) is 15.1 Å². The average Bonchev–Trinajstić information content (AvgIpc) is 2.78. The summed E-state index contributed by atoms with van der Waals surface area (Å²) in [5.74, 6) is 1.22. The van der Waals surface area contributed by atoms with Gasteiger partial charge in [-0.3, -0.25) is 4.98 Å². The zero-order valence-electron chi connectivity index (χ0n) is 9.80. The molecule has 2 rings (SSSR count). The van der Waals surface area contributed by atoms with Gasteiger partial charge in [-0.2, -0.15) is 10.2 Å². The normalized spacial score (nSPS) is 12.1. The molecule has 5 nitrogen and oxygen atoms in total. The molecular formula is C12H11BrN4O. The number of hydrogen-bond acceptors (Lipinski definition) is 5. The molecule has 0 aromatic carbocycles. The van der Waals surface area contributed by atoms with Gasteiger partial charge >= 0.3 is 0 Å². The SMILES string of the molecule is CC(CC#N)Cc1nc(-c2ccc(Br)cn2)no1. The Labute approximate surface area is 113 Å². The van der Waals surface area contributed by atoms with Crippen LogP contribution in [-0.4, -0.2) is 15.1 Å². The van der Waals surface area contributed by atoms with Crippen LogP contribution in [-0.2, 0) is 6.42 Å². The highest BCUT2D eigenvalue weighted by Gasteiger charge is 2.12. The van der Waals surface area contributed by atoms with Crippen LogP contribution in [0.4, 0.5) is 0 Å². The average molecular weight is 307 g/mol. The van der Waals surface area contributed by atoms with Crippen LogP contribution in [0.2, 0.25) is 0 Å². The molecule has 18 heavy (non-hydrogen) atoms. The van der Waals surface area contributed by atoms with Gasteiger partial charge in [0.2, 0.25) is 11.7 Å². The lowest BCUT2D eigenvalue weighted by atomic mass is 10.1. The van der Waals surface area contributed by atoms with E-state index < -0.39 is 0 Å². The summed E-state index contributed by atoms with van der Waals surface area (Å²) in [6.07, 6.45) is 2.77. The van der Waals surface area contributed by atoms with Crippen molar-refractivity contribution in [2.24, 2.45) is 5.92 Å². The Kier molecular flexibility index (Phi) is 4.05. The maximum absolute atomic E-state index is 8.59. The van der Waals surface area contributed by atoms with Gasteiger partial charge in [0.15, 0.2) is 0 Å². The predicted octanol–water partition coefficient (Wildman–Crippen LogP) is 2.99. The lowest BCUT2D eigenvalue weighted by Gasteiger charge is -2.00. The van der Waals surface area contributed by atoms with Crippen LogP contribution in [0, 0.1) is 17.2 Å². The van der Waals surface area contributed by atoms with E-state index in [4.69, 9.17) is 9.78 Å². The summed E-state index contributed by atoms with van der Waals surface area (Å²) in [6, 6.07) is 5.81. The van der Waals surface area contributed by atoms with Crippen LogP contribution in [0.1, 0.15) is 19.2 Å². The van der Waals surface area contributed by atoms with E-state index in [0.29, 0.717) is 30.3 Å². The van der Waals surface area contributed by atoms with Gasteiger partial charge in [0, 0.05) is 23.5 Å². The number of halogens is 1. The van der Waals surface area contributed by atoms with E-state index in [0.717, 1.165) is 4.47 Å². The van der Waals surface area contributed by atoms with Crippen molar-refractivity contribution in [1.29, 1.82) is 5.26 Å². The van der Waals surface area contributed by atoms with Gasteiger partial charge in [0.25, 0.3) is 0 Å². The third kappa shape index (κ3) is 3.14. The van der Waals surface area contributed by atoms with Crippen LogP contribution in [0.15, 0.2) is 27.3 Å². The first-order valence-electron chi connectivity index (χ1n) is 5.50. The van der Waals surface area contributed by atoms with Gasteiger partial charge in [0.1, 0.15) is 5.69 Å². The third-order valence-corrected chi connectivity index (χ3v) is 2.86. The molecule has 0 bridgehead atoms. The number of aromatic nitrogens is 3. The van der Waals surface area contributed by atoms with Crippen molar-refractivity contribution < 1.29 is 4.52 Å². The van der Waals surface area contributed by atoms with Crippen molar-refractivity contribution >= 4 is 15.9 Å². The topological polar surface area (TPSA) is 75.6 Å². The van der Waals surface area contributed by atoms with Gasteiger partial charge in [-0.15, -0.1) is 0 Å². The zero-order chi connectivity index (χ0) is 13.0. The Morgan fingerprint density at radius 1 is 1.50 bits per heavy atom. The number of hydrogen-bond donors (Lipinski definition) is 0. The highest BCUT2D eigenvalue weighted by atomic mass is 79.9. The minimum Gasteiger partial charge on any atom is -0.339 e. The Balaban J connectivity index is 2.11. The van der Waals surface area contributed by atoms with Crippen LogP contribution < -0.4 is 0 Å². The van der Waals surface area contributed by atoms with E-state index >= 15 is 0 Å². The molecule has 0 amide bonds. The Morgan fingerprint density at radius 3 is 3.00 bits per heavy atom. The summed E-state index contributed by atoms with van der Waals surface area (Å²) >= 11 is 3.32. The molecular weight excluding hydrogens is 296 g/mol. The summed E-state index contributed by atoms with van der Waals surface area (Å²) in [7, 11) is 0. The summed E-state index contributed by atoms with van der Waals surface area (Å²) in [5, 5.41) is 12.5. The fourth-order valence-corrected chi connectivity index (χ4v) is 1.71. The minimum absolute atomic E-state index is 0.209. The molecule has 0 aliphatic rings. The maximum atomic E-state index is 8.59. The molecule has 1 atom stereocenters. The largest absolute Gasteiger partial charge is 0.339 e. The standard InChI is InChI=1S/C12H11BrN4O/c1-8(4-5-14)6-11-16-12(17-18-11)10-3-2-9(13)7-15-10/h2-3,7-8H,4,6H2,1H3. The Morgan fingerprint density at radius 2 is 2.33 bits per heavy atom. The summed E-state index contributed by atoms with van der Waals surface area (Å²) in [6.45, 7) is 1.98. The number of pyridine rings is 1. The molecule has 6 heteroatoms. The van der Waals surface area contributed by atoms with Crippen LogP contribution in [0.5, 0.6) is 0 Å². The van der Waals surface area contributed by atoms with Crippen LogP contribution >= 0.6 is 15.9 Å². The summed E-state index contributed by atoms with van der Waals surface area (Å²) < 4.78 is 6.04. The van der Waals surface area contributed by atoms with Gasteiger partial charge in [-0.25, -0.2) is 0 Å². The van der Waals surface area contributed by atoms with Crippen LogP contribution in [0.3, 0.4) is 0 Å². The second kappa shape index (κ2) is 5.74. The third-order valence-electron chi connectivity index (χ3n) is 2.39. The molecule has 0 saturated heterocycles. The first-order valence-corrected chi connectivity index (χ1v) is 6.30. The fraction of sp³-hybridized carbons (Fsp3) is 0.333. The Bertz CT molecular complexity index is 558. The highest BCUT2D eigenvalue weighted by molar-refractivity contribution is 9.10. The lowest BCUT2D eigenvalue weighted by Crippen LogP contribution is -1.98. The molecule has 1 unspecified atom stereocenters. The number of nitriles is 1. The van der Waals surface area contributed by atoms with Gasteiger partial charge < -0.3 is 4.52 Å². The monoisotopic (exact) mass is 306 g/mol. The van der Waals surface area contributed by atoms with Crippen molar-refractivity contribution in [3.05, 3.63) is 28.7 Å². The second-order valence-electron chi connectivity index (χ2n) is 4.04. The van der Waals surface area contributed by atoms with E-state index in [1.54, 1.807) is 6.20 Å². The number of nitrogens with zero attached hydrogens (tertiary/aromatic N) is 4. The zero-order valence-corrected chi connectivity index (χ0v) is 11.4. The smallest absolute Gasteiger partial charge is 0.227 e. The molecule has 2 heterocycles. The minimum atomic E-state index is 0.209. The van der Waals surface area contributed by atoms with E-state index in [-0.39, 0.29) is 5.92 Å². The predicted molar refractivity (Wildman–Crippen MR) is 68.3 cm³/mol. The first-order chi connectivity index (χ1) is 8.69. The molecule has 0 saturated carbocycles. The van der Waals surface area contributed by atoms with E-state index in [1.807, 2.05) is 19.1 Å². The van der Waals surface area contributed by atoms with Crippen LogP contribution in [0.25, 0.3) is 11.5 Å². The van der Waals surface area contributed by atoms with E-state index in [1.165, 1.54) is 0 Å². The molecule has 0 aliphatic heterocycles. The second-order valence-corrected chi connectivity index (χ2v) is 4.96. The lowest BCUT2D eigenvalue weighted by molar-refractivity contribution is 0.359. The quantitative estimate of drug-likeness (QED) is 0.868. The van der Waals surface area contributed by atoms with Crippen molar-refractivity contribution in [3.63, 3.8) is 0 Å². The maximum Gasteiger partial charge on any atom is 0.227 e. The molecule has 0 fully saturated rings. The number of rotatable bonds is 4. The summed E-state index contributed by atoms with van der Waals surface area (Å²) in [5.41, 5.74) is 0.668. The van der Waals surface area contributed by atoms with Gasteiger partial charge in [-0.1, -0.05) is 12.1 Å². The molecule has 0 aliphatic carbocycles. The van der Waals surface area contributed by atoms with Crippen molar-refractivity contribution in [2.75, 3.05) is 0 Å². The molecule has 92 valence electrons. The molecule has 0 radical (unpaired) electrons. The van der Waals surface area contributed by atoms with Gasteiger partial charge in [0.05, 0.1) is 6.07 Å². The molecule has 2 aromatic heterocycles. The van der Waals surface area contributed by atoms with Crippen molar-refractivity contribution in [3.8, 4) is 17.6 Å². The van der Waals surface area contributed by atoms with E-state index in [2.05, 4.69) is 37.1 Å². The highest BCUT2D eigenvalue weighted by Crippen LogP contribution is 2.17. The first kappa shape index (κ1) is 12.7.